The molecule has 0 bridgehead atoms. The molecule has 4 heterocycles. The summed E-state index contributed by atoms with van der Waals surface area (Å²) in [6.45, 7) is 14.0. The van der Waals surface area contributed by atoms with E-state index in [2.05, 4.69) is 54.5 Å². The number of carbonyl (C=O) groups is 2. The van der Waals surface area contributed by atoms with Crippen molar-refractivity contribution >= 4 is 28.5 Å². The molecule has 3 N–H and O–H groups in total. The maximum atomic E-state index is 13.5. The molecule has 38 heavy (non-hydrogen) atoms. The van der Waals surface area contributed by atoms with E-state index in [0.29, 0.717) is 34.3 Å². The molecule has 3 aromatic rings. The summed E-state index contributed by atoms with van der Waals surface area (Å²) >= 11 is 0. The number of H-pyrrole nitrogens is 1. The normalized spacial score (nSPS) is 16.2. The van der Waals surface area contributed by atoms with Crippen LogP contribution in [0.2, 0.25) is 0 Å². The molecule has 0 saturated heterocycles. The molecule has 0 aliphatic carbocycles. The van der Waals surface area contributed by atoms with Gasteiger partial charge in [-0.25, -0.2) is 9.67 Å². The fourth-order valence-corrected chi connectivity index (χ4v) is 5.29. The van der Waals surface area contributed by atoms with Crippen LogP contribution in [0, 0.1) is 13.8 Å². The van der Waals surface area contributed by atoms with Gasteiger partial charge >= 0.3 is 5.97 Å². The number of nitrogens with zero attached hydrogens (tertiary/aromatic N) is 3. The second kappa shape index (κ2) is 10.2. The lowest BCUT2D eigenvalue weighted by molar-refractivity contribution is -0.143. The summed E-state index contributed by atoms with van der Waals surface area (Å²) in [5.41, 5.74) is 3.78. The van der Waals surface area contributed by atoms with Gasteiger partial charge in [-0.2, -0.15) is 5.10 Å². The summed E-state index contributed by atoms with van der Waals surface area (Å²) in [5.74, 6) is -0.796. The van der Waals surface area contributed by atoms with Crippen molar-refractivity contribution in [3.05, 3.63) is 62.8 Å². The molecule has 0 atom stereocenters. The zero-order valence-corrected chi connectivity index (χ0v) is 23.1. The summed E-state index contributed by atoms with van der Waals surface area (Å²) in [7, 11) is 0. The number of rotatable bonds is 7. The smallest absolute Gasteiger partial charge is 0.327 e. The first-order valence-corrected chi connectivity index (χ1v) is 12.8. The number of carbonyl (C=O) groups excluding carboxylic acids is 2. The van der Waals surface area contributed by atoms with Crippen LogP contribution in [0.5, 0.6) is 0 Å². The first-order chi connectivity index (χ1) is 17.8. The van der Waals surface area contributed by atoms with Gasteiger partial charge in [-0.3, -0.25) is 14.4 Å². The molecular weight excluding hydrogens is 484 g/mol. The van der Waals surface area contributed by atoms with Crippen molar-refractivity contribution in [2.75, 3.05) is 6.61 Å². The third-order valence-electron chi connectivity index (χ3n) is 6.51. The number of hydrogen-bond donors (Lipinski definition) is 3. The first-order valence-electron chi connectivity index (χ1n) is 12.8. The number of esters is 1. The van der Waals surface area contributed by atoms with E-state index < -0.39 is 5.97 Å². The Bertz CT molecular complexity index is 1490. The average Bonchev–Trinajstić information content (AvgIpc) is 3.18. The van der Waals surface area contributed by atoms with Gasteiger partial charge < -0.3 is 20.4 Å². The SMILES string of the molecule is CCOC(=O)Cn1ncc2c(C(=O)NCc3c(C)cc(C)[nH]c3=O)cc(C3=CC(C)(C)NC(C)(C)C3)nc21. The third-order valence-corrected chi connectivity index (χ3v) is 6.51. The molecule has 3 aromatic heterocycles. The molecule has 1 amide bonds. The number of nitrogens with one attached hydrogen (secondary N) is 3. The van der Waals surface area contributed by atoms with E-state index in [1.165, 1.54) is 10.9 Å². The minimum Gasteiger partial charge on any atom is -0.465 e. The summed E-state index contributed by atoms with van der Waals surface area (Å²) < 4.78 is 6.56. The highest BCUT2D eigenvalue weighted by molar-refractivity contribution is 6.06. The highest BCUT2D eigenvalue weighted by atomic mass is 16.5. The van der Waals surface area contributed by atoms with Gasteiger partial charge in [-0.1, -0.05) is 6.08 Å². The molecule has 0 radical (unpaired) electrons. The van der Waals surface area contributed by atoms with Crippen molar-refractivity contribution in [1.82, 2.24) is 30.4 Å². The second-order valence-electron chi connectivity index (χ2n) is 11.1. The summed E-state index contributed by atoms with van der Waals surface area (Å²) in [4.78, 5) is 45.9. The zero-order valence-electron chi connectivity index (χ0n) is 23.1. The van der Waals surface area contributed by atoms with E-state index in [4.69, 9.17) is 9.72 Å². The van der Waals surface area contributed by atoms with Crippen molar-refractivity contribution in [2.45, 2.75) is 79.1 Å². The Hall–Kier alpha value is -3.79. The molecule has 1 aliphatic heterocycles. The van der Waals surface area contributed by atoms with Gasteiger partial charge in [0.1, 0.15) is 6.54 Å². The van der Waals surface area contributed by atoms with Crippen LogP contribution in [0.25, 0.3) is 16.6 Å². The quantitative estimate of drug-likeness (QED) is 0.408. The number of fused-ring (bicyclic) bond motifs is 1. The third kappa shape index (κ3) is 5.85. The molecular formula is C28H36N6O4. The standard InChI is InChI=1S/C28H36N6O4/c1-8-38-23(35)15-34-24-21(14-30-34)19(25(36)29-13-20-16(2)9-17(3)31-26(20)37)10-22(32-24)18-11-27(4,5)33-28(6,7)12-18/h9-11,14,33H,8,12-13,15H2,1-7H3,(H,29,36)(H,31,37). The lowest BCUT2D eigenvalue weighted by Gasteiger charge is -2.41. The number of amides is 1. The molecule has 202 valence electrons. The summed E-state index contributed by atoms with van der Waals surface area (Å²) in [5, 5.41) is 11.4. The van der Waals surface area contributed by atoms with Gasteiger partial charge in [-0.15, -0.1) is 0 Å². The zero-order chi connectivity index (χ0) is 27.8. The monoisotopic (exact) mass is 520 g/mol. The lowest BCUT2D eigenvalue weighted by atomic mass is 9.82. The topological polar surface area (TPSA) is 131 Å². The van der Waals surface area contributed by atoms with Gasteiger partial charge in [-0.05, 0) is 78.2 Å². The molecule has 0 aromatic carbocycles. The van der Waals surface area contributed by atoms with Crippen LogP contribution in [0.3, 0.4) is 0 Å². The molecule has 10 heteroatoms. The first kappa shape index (κ1) is 27.3. The average molecular weight is 521 g/mol. The number of hydrogen-bond acceptors (Lipinski definition) is 7. The highest BCUT2D eigenvalue weighted by Crippen LogP contribution is 2.34. The van der Waals surface area contributed by atoms with E-state index in [-0.39, 0.29) is 42.2 Å². The second-order valence-corrected chi connectivity index (χ2v) is 11.1. The number of aromatic nitrogens is 4. The number of pyridine rings is 2. The predicted molar refractivity (Wildman–Crippen MR) is 146 cm³/mol. The Labute approximate surface area is 221 Å². The minimum absolute atomic E-state index is 0.0725. The Kier molecular flexibility index (Phi) is 7.29. The van der Waals surface area contributed by atoms with Gasteiger partial charge in [0.2, 0.25) is 0 Å². The molecule has 0 unspecified atom stereocenters. The molecule has 0 fully saturated rings. The molecule has 1 aliphatic rings. The van der Waals surface area contributed by atoms with Crippen LogP contribution in [-0.2, 0) is 22.6 Å². The van der Waals surface area contributed by atoms with Crippen LogP contribution in [0.15, 0.2) is 29.2 Å². The Morgan fingerprint density at radius 1 is 1.18 bits per heavy atom. The lowest BCUT2D eigenvalue weighted by Crippen LogP contribution is -2.53. The molecule has 10 nitrogen and oxygen atoms in total. The van der Waals surface area contributed by atoms with Crippen LogP contribution in [0.4, 0.5) is 0 Å². The number of aryl methyl sites for hydroxylation is 2. The largest absolute Gasteiger partial charge is 0.465 e. The minimum atomic E-state index is -0.437. The van der Waals surface area contributed by atoms with Crippen molar-refractivity contribution in [3.8, 4) is 0 Å². The van der Waals surface area contributed by atoms with Crippen LogP contribution < -0.4 is 16.2 Å². The summed E-state index contributed by atoms with van der Waals surface area (Å²) in [6.07, 6.45) is 4.35. The van der Waals surface area contributed by atoms with Crippen molar-refractivity contribution in [2.24, 2.45) is 0 Å². The Balaban J connectivity index is 1.78. The summed E-state index contributed by atoms with van der Waals surface area (Å²) in [6, 6.07) is 3.64. The van der Waals surface area contributed by atoms with Gasteiger partial charge in [0, 0.05) is 28.9 Å². The molecule has 4 rings (SSSR count). The van der Waals surface area contributed by atoms with E-state index in [1.807, 2.05) is 19.9 Å². The number of ether oxygens (including phenoxy) is 1. The van der Waals surface area contributed by atoms with E-state index in [9.17, 15) is 14.4 Å². The van der Waals surface area contributed by atoms with E-state index in [1.54, 1.807) is 13.0 Å². The fourth-order valence-electron chi connectivity index (χ4n) is 5.29. The van der Waals surface area contributed by atoms with Crippen molar-refractivity contribution in [3.63, 3.8) is 0 Å². The maximum Gasteiger partial charge on any atom is 0.327 e. The highest BCUT2D eigenvalue weighted by Gasteiger charge is 2.33. The Morgan fingerprint density at radius 2 is 1.92 bits per heavy atom. The number of aromatic amines is 1. The van der Waals surface area contributed by atoms with Crippen LogP contribution in [0.1, 0.15) is 73.9 Å². The van der Waals surface area contributed by atoms with Gasteiger partial charge in [0.15, 0.2) is 5.65 Å². The van der Waals surface area contributed by atoms with Crippen molar-refractivity contribution in [1.29, 1.82) is 0 Å². The predicted octanol–water partition coefficient (Wildman–Crippen LogP) is 3.16. The molecule has 0 saturated carbocycles. The van der Waals surface area contributed by atoms with Crippen LogP contribution in [-0.4, -0.2) is 49.3 Å². The maximum absolute atomic E-state index is 13.5. The van der Waals surface area contributed by atoms with E-state index >= 15 is 0 Å². The fraction of sp³-hybridized carbons (Fsp3) is 0.464. The van der Waals surface area contributed by atoms with Crippen LogP contribution >= 0.6 is 0 Å². The van der Waals surface area contributed by atoms with Gasteiger partial charge in [0.05, 0.1) is 29.4 Å². The van der Waals surface area contributed by atoms with Gasteiger partial charge in [0.25, 0.3) is 11.5 Å². The van der Waals surface area contributed by atoms with E-state index in [0.717, 1.165) is 16.8 Å². The molecule has 0 spiro atoms. The Morgan fingerprint density at radius 3 is 2.58 bits per heavy atom. The van der Waals surface area contributed by atoms with Crippen molar-refractivity contribution < 1.29 is 14.3 Å².